The van der Waals surface area contributed by atoms with Crippen LogP contribution >= 0.6 is 0 Å². The van der Waals surface area contributed by atoms with Crippen molar-refractivity contribution in [2.24, 2.45) is 23.7 Å². The van der Waals surface area contributed by atoms with Crippen LogP contribution in [0.3, 0.4) is 0 Å². The third-order valence-electron chi connectivity index (χ3n) is 3.66. The maximum atomic E-state index is 10.8. The van der Waals surface area contributed by atoms with E-state index in [1.54, 1.807) is 0 Å². The zero-order valence-electron chi connectivity index (χ0n) is 10.5. The molecule has 0 aromatic rings. The molecule has 88 valence electrons. The van der Waals surface area contributed by atoms with Gasteiger partial charge in [-0.15, -0.1) is 0 Å². The molecule has 0 aliphatic heterocycles. The summed E-state index contributed by atoms with van der Waals surface area (Å²) in [5.74, 6) is 2.67. The van der Waals surface area contributed by atoms with E-state index in [0.29, 0.717) is 18.4 Å². The summed E-state index contributed by atoms with van der Waals surface area (Å²) in [6.45, 7) is 8.99. The molecule has 0 spiro atoms. The van der Waals surface area contributed by atoms with Gasteiger partial charge in [-0.25, -0.2) is 0 Å². The third kappa shape index (κ3) is 3.84. The molecule has 0 saturated heterocycles. The van der Waals surface area contributed by atoms with Crippen molar-refractivity contribution in [3.05, 3.63) is 0 Å². The summed E-state index contributed by atoms with van der Waals surface area (Å²) >= 11 is 0. The van der Waals surface area contributed by atoms with E-state index in [2.05, 4.69) is 20.8 Å². The monoisotopic (exact) mass is 212 g/mol. The molecule has 0 heterocycles. The van der Waals surface area contributed by atoms with Crippen molar-refractivity contribution in [3.8, 4) is 0 Å². The summed E-state index contributed by atoms with van der Waals surface area (Å²) in [6.07, 6.45) is 3.85. The van der Waals surface area contributed by atoms with Crippen LogP contribution in [0, 0.1) is 23.7 Å². The fourth-order valence-electron chi connectivity index (χ4n) is 2.82. The average Bonchev–Trinajstić information content (AvgIpc) is 2.14. The SMILES string of the molecule is CC(=O)OCC1CC(C)CC[C@H]1C(C)C. The van der Waals surface area contributed by atoms with Crippen LogP contribution in [0.1, 0.15) is 47.0 Å². The quantitative estimate of drug-likeness (QED) is 0.671. The summed E-state index contributed by atoms with van der Waals surface area (Å²) < 4.78 is 5.17. The van der Waals surface area contributed by atoms with Crippen LogP contribution in [0.25, 0.3) is 0 Å². The second-order valence-corrected chi connectivity index (χ2v) is 5.39. The fraction of sp³-hybridized carbons (Fsp3) is 0.923. The molecule has 0 aromatic heterocycles. The summed E-state index contributed by atoms with van der Waals surface area (Å²) in [6, 6.07) is 0. The van der Waals surface area contributed by atoms with Gasteiger partial charge >= 0.3 is 5.97 Å². The zero-order chi connectivity index (χ0) is 11.4. The van der Waals surface area contributed by atoms with E-state index in [0.717, 1.165) is 11.8 Å². The Balaban J connectivity index is 2.50. The van der Waals surface area contributed by atoms with E-state index in [-0.39, 0.29) is 5.97 Å². The first-order valence-corrected chi connectivity index (χ1v) is 6.14. The minimum atomic E-state index is -0.143. The highest BCUT2D eigenvalue weighted by molar-refractivity contribution is 5.65. The van der Waals surface area contributed by atoms with E-state index in [4.69, 9.17) is 4.74 Å². The van der Waals surface area contributed by atoms with Crippen LogP contribution in [0.15, 0.2) is 0 Å². The molecule has 3 atom stereocenters. The molecule has 0 aromatic carbocycles. The van der Waals surface area contributed by atoms with Gasteiger partial charge in [-0.3, -0.25) is 4.79 Å². The molecule has 2 heteroatoms. The second kappa shape index (κ2) is 5.53. The highest BCUT2D eigenvalue weighted by Gasteiger charge is 2.31. The first-order valence-electron chi connectivity index (χ1n) is 6.14. The Labute approximate surface area is 93.4 Å². The van der Waals surface area contributed by atoms with Gasteiger partial charge in [-0.05, 0) is 36.5 Å². The van der Waals surface area contributed by atoms with Gasteiger partial charge in [-0.1, -0.05) is 27.2 Å². The maximum Gasteiger partial charge on any atom is 0.302 e. The highest BCUT2D eigenvalue weighted by Crippen LogP contribution is 2.37. The zero-order valence-corrected chi connectivity index (χ0v) is 10.5. The average molecular weight is 212 g/mol. The van der Waals surface area contributed by atoms with E-state index in [1.807, 2.05) is 0 Å². The highest BCUT2D eigenvalue weighted by atomic mass is 16.5. The maximum absolute atomic E-state index is 10.8. The van der Waals surface area contributed by atoms with Crippen molar-refractivity contribution >= 4 is 5.97 Å². The van der Waals surface area contributed by atoms with E-state index in [1.165, 1.54) is 26.2 Å². The predicted octanol–water partition coefficient (Wildman–Crippen LogP) is 3.26. The van der Waals surface area contributed by atoms with Crippen molar-refractivity contribution in [1.29, 1.82) is 0 Å². The van der Waals surface area contributed by atoms with Gasteiger partial charge in [0, 0.05) is 6.92 Å². The molecule has 0 radical (unpaired) electrons. The van der Waals surface area contributed by atoms with Crippen LogP contribution in [0.5, 0.6) is 0 Å². The lowest BCUT2D eigenvalue weighted by Crippen LogP contribution is -2.31. The minimum Gasteiger partial charge on any atom is -0.466 e. The molecule has 1 saturated carbocycles. The fourth-order valence-corrected chi connectivity index (χ4v) is 2.82. The molecule has 0 bridgehead atoms. The van der Waals surface area contributed by atoms with Crippen molar-refractivity contribution in [1.82, 2.24) is 0 Å². The first kappa shape index (κ1) is 12.5. The minimum absolute atomic E-state index is 0.143. The summed E-state index contributed by atoms with van der Waals surface area (Å²) in [4.78, 5) is 10.8. The Morgan fingerprint density at radius 3 is 2.60 bits per heavy atom. The van der Waals surface area contributed by atoms with Gasteiger partial charge in [0.15, 0.2) is 0 Å². The van der Waals surface area contributed by atoms with Crippen LogP contribution in [-0.4, -0.2) is 12.6 Å². The van der Waals surface area contributed by atoms with E-state index < -0.39 is 0 Å². The number of hydrogen-bond donors (Lipinski definition) is 0. The van der Waals surface area contributed by atoms with Crippen molar-refractivity contribution < 1.29 is 9.53 Å². The lowest BCUT2D eigenvalue weighted by atomic mass is 9.70. The summed E-state index contributed by atoms with van der Waals surface area (Å²) in [5.41, 5.74) is 0. The Morgan fingerprint density at radius 1 is 1.40 bits per heavy atom. The predicted molar refractivity (Wildman–Crippen MR) is 61.5 cm³/mol. The topological polar surface area (TPSA) is 26.3 Å². The lowest BCUT2D eigenvalue weighted by Gasteiger charge is -2.36. The van der Waals surface area contributed by atoms with Gasteiger partial charge in [0.2, 0.25) is 0 Å². The Kier molecular flexibility index (Phi) is 4.62. The van der Waals surface area contributed by atoms with Crippen LogP contribution in [0.4, 0.5) is 0 Å². The molecule has 0 N–H and O–H groups in total. The van der Waals surface area contributed by atoms with Crippen LogP contribution in [0.2, 0.25) is 0 Å². The Hall–Kier alpha value is -0.530. The van der Waals surface area contributed by atoms with E-state index in [9.17, 15) is 4.79 Å². The van der Waals surface area contributed by atoms with Gasteiger partial charge in [0.25, 0.3) is 0 Å². The molecule has 0 amide bonds. The molecular formula is C13H24O2. The number of carbonyl (C=O) groups is 1. The van der Waals surface area contributed by atoms with E-state index >= 15 is 0 Å². The van der Waals surface area contributed by atoms with Crippen molar-refractivity contribution in [3.63, 3.8) is 0 Å². The molecule has 1 aliphatic rings. The number of carbonyl (C=O) groups excluding carboxylic acids is 1. The standard InChI is InChI=1S/C13H24O2/c1-9(2)13-6-5-10(3)7-12(13)8-15-11(4)14/h9-10,12-13H,5-8H2,1-4H3/t10?,12?,13-/m0/s1. The van der Waals surface area contributed by atoms with Gasteiger partial charge in [0.1, 0.15) is 0 Å². The molecule has 2 nitrogen and oxygen atoms in total. The lowest BCUT2D eigenvalue weighted by molar-refractivity contribution is -0.143. The van der Waals surface area contributed by atoms with Gasteiger partial charge in [-0.2, -0.15) is 0 Å². The first-order chi connectivity index (χ1) is 7.00. The molecule has 15 heavy (non-hydrogen) atoms. The normalized spacial score (nSPS) is 31.7. The summed E-state index contributed by atoms with van der Waals surface area (Å²) in [7, 11) is 0. The molecule has 1 rings (SSSR count). The number of ether oxygens (including phenoxy) is 1. The molecule has 2 unspecified atom stereocenters. The largest absolute Gasteiger partial charge is 0.466 e. The van der Waals surface area contributed by atoms with Gasteiger partial charge in [0.05, 0.1) is 6.61 Å². The van der Waals surface area contributed by atoms with Crippen LogP contribution < -0.4 is 0 Å². The molecule has 1 fully saturated rings. The smallest absolute Gasteiger partial charge is 0.302 e. The molecule has 1 aliphatic carbocycles. The Morgan fingerprint density at radius 2 is 2.07 bits per heavy atom. The number of hydrogen-bond acceptors (Lipinski definition) is 2. The van der Waals surface area contributed by atoms with Crippen molar-refractivity contribution in [2.45, 2.75) is 47.0 Å². The number of rotatable bonds is 3. The molecular weight excluding hydrogens is 188 g/mol. The van der Waals surface area contributed by atoms with Crippen LogP contribution in [-0.2, 0) is 9.53 Å². The Bertz CT molecular complexity index is 211. The van der Waals surface area contributed by atoms with Gasteiger partial charge < -0.3 is 4.74 Å². The number of esters is 1. The second-order valence-electron chi connectivity index (χ2n) is 5.39. The summed E-state index contributed by atoms with van der Waals surface area (Å²) in [5, 5.41) is 0. The third-order valence-corrected chi connectivity index (χ3v) is 3.66. The van der Waals surface area contributed by atoms with Crippen molar-refractivity contribution in [2.75, 3.05) is 6.61 Å².